The second-order valence-corrected chi connectivity index (χ2v) is 3.84. The van der Waals surface area contributed by atoms with Crippen molar-refractivity contribution >= 4 is 11.7 Å². The summed E-state index contributed by atoms with van der Waals surface area (Å²) in [6.45, 7) is 1.74. The third-order valence-electron chi connectivity index (χ3n) is 2.30. The Balaban J connectivity index is 2.01. The molecule has 0 radical (unpaired) electrons. The molecule has 0 aliphatic heterocycles. The molecule has 1 aromatic heterocycles. The molecule has 1 aromatic carbocycles. The number of aromatic nitrogens is 2. The van der Waals surface area contributed by atoms with Gasteiger partial charge in [0.25, 0.3) is 0 Å². The van der Waals surface area contributed by atoms with E-state index in [1.807, 2.05) is 0 Å². The highest BCUT2D eigenvalue weighted by atomic mass is 19.1. The number of nitrogens with one attached hydrogen (secondary N) is 1. The summed E-state index contributed by atoms with van der Waals surface area (Å²) in [5, 5.41) is 2.64. The maximum absolute atomic E-state index is 12.9. The van der Waals surface area contributed by atoms with E-state index in [1.54, 1.807) is 31.3 Å². The second kappa shape index (κ2) is 5.35. The lowest BCUT2D eigenvalue weighted by Crippen LogP contribution is -2.15. The van der Waals surface area contributed by atoms with Crippen molar-refractivity contribution in [1.82, 2.24) is 9.97 Å². The van der Waals surface area contributed by atoms with Crippen molar-refractivity contribution < 1.29 is 9.18 Å². The summed E-state index contributed by atoms with van der Waals surface area (Å²) in [4.78, 5) is 19.7. The lowest BCUT2D eigenvalue weighted by atomic mass is 10.1. The van der Waals surface area contributed by atoms with Gasteiger partial charge in [0.1, 0.15) is 17.5 Å². The van der Waals surface area contributed by atoms with Crippen molar-refractivity contribution in [3.63, 3.8) is 0 Å². The molecule has 18 heavy (non-hydrogen) atoms. The van der Waals surface area contributed by atoms with Gasteiger partial charge in [0.15, 0.2) is 0 Å². The molecule has 1 N–H and O–H groups in total. The molecule has 2 aromatic rings. The average Bonchev–Trinajstić information content (AvgIpc) is 2.28. The van der Waals surface area contributed by atoms with Crippen LogP contribution < -0.4 is 5.32 Å². The number of halogens is 1. The van der Waals surface area contributed by atoms with Gasteiger partial charge in [-0.25, -0.2) is 14.4 Å². The Hall–Kier alpha value is -2.30. The molecule has 0 spiro atoms. The van der Waals surface area contributed by atoms with Crippen LogP contribution in [0.3, 0.4) is 0 Å². The third-order valence-corrected chi connectivity index (χ3v) is 2.30. The highest BCUT2D eigenvalue weighted by Gasteiger charge is 2.05. The molecule has 5 heteroatoms. The molecule has 1 amide bonds. The summed E-state index contributed by atoms with van der Waals surface area (Å²) in [6, 6.07) is 7.57. The molecule has 0 unspecified atom stereocenters. The van der Waals surface area contributed by atoms with Crippen LogP contribution >= 0.6 is 0 Å². The largest absolute Gasteiger partial charge is 0.310 e. The van der Waals surface area contributed by atoms with Gasteiger partial charge in [-0.15, -0.1) is 0 Å². The third kappa shape index (κ3) is 3.35. The number of hydrogen-bond donors (Lipinski definition) is 1. The number of anilines is 1. The Kier molecular flexibility index (Phi) is 3.62. The minimum atomic E-state index is -0.349. The van der Waals surface area contributed by atoms with Gasteiger partial charge in [-0.2, -0.15) is 0 Å². The van der Waals surface area contributed by atoms with Gasteiger partial charge >= 0.3 is 0 Å². The molecule has 4 nitrogen and oxygen atoms in total. The van der Waals surface area contributed by atoms with E-state index in [4.69, 9.17) is 0 Å². The molecule has 0 fully saturated rings. The van der Waals surface area contributed by atoms with Gasteiger partial charge in [0, 0.05) is 6.20 Å². The first-order chi connectivity index (χ1) is 8.63. The molecule has 0 saturated heterocycles. The molecular weight excluding hydrogens is 233 g/mol. The second-order valence-electron chi connectivity index (χ2n) is 3.84. The summed E-state index contributed by atoms with van der Waals surface area (Å²) in [5.74, 6) is 0.444. The molecule has 1 heterocycles. The van der Waals surface area contributed by atoms with Crippen LogP contribution in [0.2, 0.25) is 0 Å². The molecular formula is C13H12FN3O. The Bertz CT molecular complexity index is 522. The van der Waals surface area contributed by atoms with Crippen LogP contribution in [0.5, 0.6) is 0 Å². The highest BCUT2D eigenvalue weighted by Crippen LogP contribution is 2.06. The molecule has 0 bridgehead atoms. The Morgan fingerprint density at radius 3 is 2.94 bits per heavy atom. The zero-order valence-electron chi connectivity index (χ0n) is 9.85. The van der Waals surface area contributed by atoms with Crippen LogP contribution in [0.1, 0.15) is 11.4 Å². The van der Waals surface area contributed by atoms with E-state index in [1.165, 1.54) is 12.1 Å². The predicted molar refractivity (Wildman–Crippen MR) is 65.5 cm³/mol. The van der Waals surface area contributed by atoms with E-state index in [0.717, 1.165) is 0 Å². The summed E-state index contributed by atoms with van der Waals surface area (Å²) in [6.07, 6.45) is 1.68. The van der Waals surface area contributed by atoms with Crippen LogP contribution in [0.4, 0.5) is 10.2 Å². The molecule has 0 aliphatic rings. The summed E-state index contributed by atoms with van der Waals surface area (Å²) < 4.78 is 12.9. The zero-order valence-corrected chi connectivity index (χ0v) is 9.85. The van der Waals surface area contributed by atoms with Crippen LogP contribution in [0.15, 0.2) is 36.5 Å². The van der Waals surface area contributed by atoms with Crippen molar-refractivity contribution in [2.75, 3.05) is 5.32 Å². The topological polar surface area (TPSA) is 54.9 Å². The fraction of sp³-hybridized carbons (Fsp3) is 0.154. The minimum Gasteiger partial charge on any atom is -0.310 e. The van der Waals surface area contributed by atoms with Crippen LogP contribution in [-0.2, 0) is 11.2 Å². The Morgan fingerprint density at radius 1 is 1.39 bits per heavy atom. The number of amides is 1. The van der Waals surface area contributed by atoms with Gasteiger partial charge in [-0.3, -0.25) is 4.79 Å². The van der Waals surface area contributed by atoms with Gasteiger partial charge in [0.05, 0.1) is 6.42 Å². The number of aryl methyl sites for hydroxylation is 1. The van der Waals surface area contributed by atoms with Crippen molar-refractivity contribution in [1.29, 1.82) is 0 Å². The summed E-state index contributed by atoms with van der Waals surface area (Å²) in [7, 11) is 0. The number of hydrogen-bond acceptors (Lipinski definition) is 3. The minimum absolute atomic E-state index is 0.112. The van der Waals surface area contributed by atoms with Crippen LogP contribution in [-0.4, -0.2) is 15.9 Å². The first-order valence-electron chi connectivity index (χ1n) is 5.47. The molecule has 92 valence electrons. The van der Waals surface area contributed by atoms with Gasteiger partial charge in [-0.05, 0) is 30.7 Å². The van der Waals surface area contributed by atoms with E-state index in [-0.39, 0.29) is 18.1 Å². The van der Waals surface area contributed by atoms with E-state index >= 15 is 0 Å². The van der Waals surface area contributed by atoms with E-state index < -0.39 is 0 Å². The van der Waals surface area contributed by atoms with Crippen molar-refractivity contribution in [3.8, 4) is 0 Å². The van der Waals surface area contributed by atoms with E-state index in [2.05, 4.69) is 15.3 Å². The number of rotatable bonds is 3. The standard InChI is InChI=1S/C13H12FN3O/c1-9-15-6-5-12(16-9)17-13(18)8-10-3-2-4-11(14)7-10/h2-7H,8H2,1H3,(H,15,16,17,18). The Morgan fingerprint density at radius 2 is 2.22 bits per heavy atom. The first kappa shape index (κ1) is 12.2. The molecule has 0 atom stereocenters. The normalized spacial score (nSPS) is 10.1. The highest BCUT2D eigenvalue weighted by molar-refractivity contribution is 5.91. The van der Waals surface area contributed by atoms with Gasteiger partial charge in [-0.1, -0.05) is 12.1 Å². The monoisotopic (exact) mass is 245 g/mol. The van der Waals surface area contributed by atoms with Gasteiger partial charge < -0.3 is 5.32 Å². The zero-order chi connectivity index (χ0) is 13.0. The fourth-order valence-electron chi connectivity index (χ4n) is 1.55. The van der Waals surface area contributed by atoms with Crippen LogP contribution in [0.25, 0.3) is 0 Å². The van der Waals surface area contributed by atoms with Crippen molar-refractivity contribution in [3.05, 3.63) is 53.7 Å². The average molecular weight is 245 g/mol. The predicted octanol–water partition coefficient (Wildman–Crippen LogP) is 2.11. The maximum atomic E-state index is 12.9. The van der Waals surface area contributed by atoms with Crippen molar-refractivity contribution in [2.45, 2.75) is 13.3 Å². The number of carbonyl (C=O) groups excluding carboxylic acids is 1. The smallest absolute Gasteiger partial charge is 0.229 e. The van der Waals surface area contributed by atoms with Crippen molar-refractivity contribution in [2.24, 2.45) is 0 Å². The number of benzene rings is 1. The molecule has 0 aliphatic carbocycles. The number of nitrogens with zero attached hydrogens (tertiary/aromatic N) is 2. The number of carbonyl (C=O) groups is 1. The lowest BCUT2D eigenvalue weighted by molar-refractivity contribution is -0.115. The van der Waals surface area contributed by atoms with Crippen LogP contribution in [0, 0.1) is 12.7 Å². The maximum Gasteiger partial charge on any atom is 0.229 e. The lowest BCUT2D eigenvalue weighted by Gasteiger charge is -2.04. The first-order valence-corrected chi connectivity index (χ1v) is 5.47. The Labute approximate surface area is 104 Å². The molecule has 0 saturated carbocycles. The molecule has 2 rings (SSSR count). The fourth-order valence-corrected chi connectivity index (χ4v) is 1.55. The summed E-state index contributed by atoms with van der Waals surface area (Å²) in [5.41, 5.74) is 0.623. The van der Waals surface area contributed by atoms with E-state index in [9.17, 15) is 9.18 Å². The SMILES string of the molecule is Cc1nccc(NC(=O)Cc2cccc(F)c2)n1. The quantitative estimate of drug-likeness (QED) is 0.901. The summed E-state index contributed by atoms with van der Waals surface area (Å²) >= 11 is 0. The van der Waals surface area contributed by atoms with Gasteiger partial charge in [0.2, 0.25) is 5.91 Å². The van der Waals surface area contributed by atoms with E-state index in [0.29, 0.717) is 17.2 Å².